The number of rotatable bonds is 4. The van der Waals surface area contributed by atoms with E-state index in [2.05, 4.69) is 17.2 Å². The van der Waals surface area contributed by atoms with Crippen LogP contribution in [0.3, 0.4) is 0 Å². The Kier molecular flexibility index (Phi) is 3.99. The number of nitro groups is 1. The second kappa shape index (κ2) is 5.52. The van der Waals surface area contributed by atoms with E-state index in [0.717, 1.165) is 31.7 Å². The molecule has 0 saturated carbocycles. The van der Waals surface area contributed by atoms with Gasteiger partial charge in [-0.1, -0.05) is 6.92 Å². The Hall–Kier alpha value is -1.69. The third kappa shape index (κ3) is 3.41. The van der Waals surface area contributed by atoms with Crippen molar-refractivity contribution in [3.63, 3.8) is 0 Å². The number of nitrogens with one attached hydrogen (secondary N) is 1. The lowest BCUT2D eigenvalue weighted by Gasteiger charge is -2.33. The highest BCUT2D eigenvalue weighted by Crippen LogP contribution is 2.31. The first-order valence-corrected chi connectivity index (χ1v) is 6.44. The van der Waals surface area contributed by atoms with Crippen molar-refractivity contribution in [1.82, 2.24) is 4.98 Å². The zero-order chi connectivity index (χ0) is 13.9. The van der Waals surface area contributed by atoms with Gasteiger partial charge in [0.15, 0.2) is 0 Å². The highest BCUT2D eigenvalue weighted by Gasteiger charge is 2.28. The SMILES string of the molecule is Cc1ccc([N+](=O)[O-])c(NCC2(C)CCOCC2)n1. The third-order valence-corrected chi connectivity index (χ3v) is 3.59. The molecule has 2 heterocycles. The van der Waals surface area contributed by atoms with E-state index in [1.165, 1.54) is 6.07 Å². The molecule has 104 valence electrons. The summed E-state index contributed by atoms with van der Waals surface area (Å²) in [4.78, 5) is 14.8. The van der Waals surface area contributed by atoms with E-state index in [-0.39, 0.29) is 11.1 Å². The third-order valence-electron chi connectivity index (χ3n) is 3.59. The first kappa shape index (κ1) is 13.7. The van der Waals surface area contributed by atoms with Crippen molar-refractivity contribution in [3.8, 4) is 0 Å². The molecule has 0 unspecified atom stereocenters. The number of pyridine rings is 1. The zero-order valence-electron chi connectivity index (χ0n) is 11.3. The van der Waals surface area contributed by atoms with Gasteiger partial charge in [-0.3, -0.25) is 10.1 Å². The quantitative estimate of drug-likeness (QED) is 0.668. The normalized spacial score (nSPS) is 18.0. The molecule has 0 spiro atoms. The molecule has 1 aliphatic rings. The van der Waals surface area contributed by atoms with Gasteiger partial charge in [0.1, 0.15) is 0 Å². The lowest BCUT2D eigenvalue weighted by atomic mass is 9.82. The molecule has 1 N–H and O–H groups in total. The minimum absolute atomic E-state index is 0.0289. The number of ether oxygens (including phenoxy) is 1. The second-order valence-corrected chi connectivity index (χ2v) is 5.35. The standard InChI is InChI=1S/C13H19N3O3/c1-10-3-4-11(16(17)18)12(15-10)14-9-13(2)5-7-19-8-6-13/h3-4H,5-9H2,1-2H3,(H,14,15). The van der Waals surface area contributed by atoms with Crippen molar-refractivity contribution in [1.29, 1.82) is 0 Å². The van der Waals surface area contributed by atoms with E-state index >= 15 is 0 Å². The second-order valence-electron chi connectivity index (χ2n) is 5.35. The van der Waals surface area contributed by atoms with E-state index < -0.39 is 4.92 Å². The summed E-state index contributed by atoms with van der Waals surface area (Å²) in [5.41, 5.74) is 0.906. The first-order chi connectivity index (χ1) is 9.00. The van der Waals surface area contributed by atoms with E-state index in [1.54, 1.807) is 6.07 Å². The van der Waals surface area contributed by atoms with Crippen LogP contribution in [0.2, 0.25) is 0 Å². The summed E-state index contributed by atoms with van der Waals surface area (Å²) in [6.07, 6.45) is 1.92. The van der Waals surface area contributed by atoms with Crippen LogP contribution in [0, 0.1) is 22.5 Å². The maximum atomic E-state index is 11.0. The minimum atomic E-state index is -0.402. The maximum Gasteiger partial charge on any atom is 0.311 e. The van der Waals surface area contributed by atoms with Crippen LogP contribution in [0.15, 0.2) is 12.1 Å². The minimum Gasteiger partial charge on any atom is -0.381 e. The highest BCUT2D eigenvalue weighted by atomic mass is 16.6. The molecule has 0 atom stereocenters. The van der Waals surface area contributed by atoms with Crippen LogP contribution >= 0.6 is 0 Å². The summed E-state index contributed by atoms with van der Waals surface area (Å²) in [6.45, 7) is 6.17. The predicted molar refractivity (Wildman–Crippen MR) is 72.3 cm³/mol. The van der Waals surface area contributed by atoms with Crippen LogP contribution in [0.5, 0.6) is 0 Å². The number of anilines is 1. The highest BCUT2D eigenvalue weighted by molar-refractivity contribution is 5.56. The van der Waals surface area contributed by atoms with E-state index in [9.17, 15) is 10.1 Å². The lowest BCUT2D eigenvalue weighted by molar-refractivity contribution is -0.384. The van der Waals surface area contributed by atoms with Crippen LogP contribution in [0.4, 0.5) is 11.5 Å². The van der Waals surface area contributed by atoms with Crippen molar-refractivity contribution < 1.29 is 9.66 Å². The molecular weight excluding hydrogens is 246 g/mol. The van der Waals surface area contributed by atoms with Crippen molar-refractivity contribution >= 4 is 11.5 Å². The monoisotopic (exact) mass is 265 g/mol. The van der Waals surface area contributed by atoms with Crippen molar-refractivity contribution in [2.75, 3.05) is 25.1 Å². The van der Waals surface area contributed by atoms with Crippen molar-refractivity contribution in [2.24, 2.45) is 5.41 Å². The predicted octanol–water partition coefficient (Wildman–Crippen LogP) is 2.53. The Bertz CT molecular complexity index is 470. The molecular formula is C13H19N3O3. The van der Waals surface area contributed by atoms with Gasteiger partial charge in [0.2, 0.25) is 5.82 Å². The van der Waals surface area contributed by atoms with Crippen LogP contribution < -0.4 is 5.32 Å². The van der Waals surface area contributed by atoms with Gasteiger partial charge in [-0.05, 0) is 31.2 Å². The molecule has 6 heteroatoms. The molecule has 0 aliphatic carbocycles. The van der Waals surface area contributed by atoms with E-state index in [4.69, 9.17) is 4.74 Å². The summed E-state index contributed by atoms with van der Waals surface area (Å²) in [5, 5.41) is 14.1. The molecule has 0 radical (unpaired) electrons. The molecule has 2 rings (SSSR count). The van der Waals surface area contributed by atoms with E-state index in [0.29, 0.717) is 12.4 Å². The Morgan fingerprint density at radius 3 is 2.79 bits per heavy atom. The number of nitrogens with zero attached hydrogens (tertiary/aromatic N) is 2. The molecule has 1 aliphatic heterocycles. The summed E-state index contributed by atoms with van der Waals surface area (Å²) in [6, 6.07) is 3.15. The van der Waals surface area contributed by atoms with Gasteiger partial charge < -0.3 is 10.1 Å². The molecule has 19 heavy (non-hydrogen) atoms. The van der Waals surface area contributed by atoms with Crippen LogP contribution in [0.25, 0.3) is 0 Å². The number of aromatic nitrogens is 1. The molecule has 6 nitrogen and oxygen atoms in total. The van der Waals surface area contributed by atoms with Crippen molar-refractivity contribution in [2.45, 2.75) is 26.7 Å². The van der Waals surface area contributed by atoms with Gasteiger partial charge in [0.05, 0.1) is 4.92 Å². The molecule has 1 saturated heterocycles. The Balaban J connectivity index is 2.10. The lowest BCUT2D eigenvalue weighted by Crippen LogP contribution is -2.33. The number of aryl methyl sites for hydroxylation is 1. The average Bonchev–Trinajstić information content (AvgIpc) is 2.37. The van der Waals surface area contributed by atoms with Gasteiger partial charge in [0, 0.05) is 31.5 Å². The van der Waals surface area contributed by atoms with Gasteiger partial charge in [-0.2, -0.15) is 0 Å². The summed E-state index contributed by atoms with van der Waals surface area (Å²) in [7, 11) is 0. The fourth-order valence-corrected chi connectivity index (χ4v) is 2.16. The smallest absolute Gasteiger partial charge is 0.311 e. The van der Waals surface area contributed by atoms with Crippen LogP contribution in [0.1, 0.15) is 25.5 Å². The number of hydrogen-bond donors (Lipinski definition) is 1. The van der Waals surface area contributed by atoms with Crippen LogP contribution in [-0.4, -0.2) is 29.7 Å². The Labute approximate surface area is 112 Å². The fraction of sp³-hybridized carbons (Fsp3) is 0.615. The largest absolute Gasteiger partial charge is 0.381 e. The summed E-state index contributed by atoms with van der Waals surface area (Å²) >= 11 is 0. The molecule has 1 aromatic heterocycles. The van der Waals surface area contributed by atoms with Gasteiger partial charge >= 0.3 is 5.69 Å². The molecule has 1 aromatic rings. The summed E-state index contributed by atoms with van der Waals surface area (Å²) in [5.74, 6) is 0.359. The average molecular weight is 265 g/mol. The topological polar surface area (TPSA) is 77.3 Å². The maximum absolute atomic E-state index is 11.0. The molecule has 0 bridgehead atoms. The molecule has 1 fully saturated rings. The van der Waals surface area contributed by atoms with Gasteiger partial charge in [0.25, 0.3) is 0 Å². The Morgan fingerprint density at radius 2 is 2.16 bits per heavy atom. The van der Waals surface area contributed by atoms with Gasteiger partial charge in [-0.15, -0.1) is 0 Å². The first-order valence-electron chi connectivity index (χ1n) is 6.44. The Morgan fingerprint density at radius 1 is 1.47 bits per heavy atom. The van der Waals surface area contributed by atoms with Gasteiger partial charge in [-0.25, -0.2) is 4.98 Å². The zero-order valence-corrected chi connectivity index (χ0v) is 11.3. The van der Waals surface area contributed by atoms with Crippen LogP contribution in [-0.2, 0) is 4.74 Å². The molecule has 0 amide bonds. The number of hydrogen-bond acceptors (Lipinski definition) is 5. The van der Waals surface area contributed by atoms with E-state index in [1.807, 2.05) is 6.92 Å². The van der Waals surface area contributed by atoms with Crippen molar-refractivity contribution in [3.05, 3.63) is 27.9 Å². The summed E-state index contributed by atoms with van der Waals surface area (Å²) < 4.78 is 5.35. The molecule has 0 aromatic carbocycles. The fourth-order valence-electron chi connectivity index (χ4n) is 2.16.